The molecule has 20 heavy (non-hydrogen) atoms. The highest BCUT2D eigenvalue weighted by Gasteiger charge is 2.32. The minimum atomic E-state index is -0.111. The molecule has 5 nitrogen and oxygen atoms in total. The van der Waals surface area contributed by atoms with Crippen molar-refractivity contribution in [2.24, 2.45) is 11.7 Å². The smallest absolute Gasteiger partial charge is 0.229 e. The van der Waals surface area contributed by atoms with Crippen molar-refractivity contribution in [2.45, 2.75) is 18.9 Å². The van der Waals surface area contributed by atoms with Crippen molar-refractivity contribution in [3.05, 3.63) is 23.8 Å². The number of methoxy groups -OCH3 is 1. The third-order valence-electron chi connectivity index (χ3n) is 4.06. The van der Waals surface area contributed by atoms with Gasteiger partial charge in [0, 0.05) is 19.1 Å². The first-order valence-electron chi connectivity index (χ1n) is 7.01. The molecular formula is C15H20N2O3. The van der Waals surface area contributed by atoms with Crippen LogP contribution in [0.1, 0.15) is 12.0 Å². The standard InChI is InChI=1S/C15H20N2O3/c1-19-13-2-3-14-10(7-13)6-11(9-20-14)15(18)17-5-4-12(16)8-17/h2-3,7,11-12H,4-6,8-9,16H2,1H3/t11?,12-/m1/s1. The van der Waals surface area contributed by atoms with Crippen LogP contribution in [0.5, 0.6) is 11.5 Å². The van der Waals surface area contributed by atoms with E-state index in [9.17, 15) is 4.79 Å². The molecule has 1 unspecified atom stereocenters. The first-order chi connectivity index (χ1) is 9.67. The summed E-state index contributed by atoms with van der Waals surface area (Å²) in [5.41, 5.74) is 6.90. The van der Waals surface area contributed by atoms with E-state index in [4.69, 9.17) is 15.2 Å². The topological polar surface area (TPSA) is 64.8 Å². The van der Waals surface area contributed by atoms with E-state index in [1.54, 1.807) is 7.11 Å². The van der Waals surface area contributed by atoms with Gasteiger partial charge in [-0.3, -0.25) is 4.79 Å². The molecule has 1 saturated heterocycles. The van der Waals surface area contributed by atoms with E-state index in [0.717, 1.165) is 30.0 Å². The molecule has 2 aliphatic rings. The van der Waals surface area contributed by atoms with Gasteiger partial charge in [0.05, 0.1) is 13.0 Å². The number of ether oxygens (including phenoxy) is 2. The van der Waals surface area contributed by atoms with Gasteiger partial charge in [0.1, 0.15) is 18.1 Å². The van der Waals surface area contributed by atoms with Crippen LogP contribution < -0.4 is 15.2 Å². The van der Waals surface area contributed by atoms with Crippen molar-refractivity contribution in [1.29, 1.82) is 0 Å². The third-order valence-corrected chi connectivity index (χ3v) is 4.06. The fourth-order valence-corrected chi connectivity index (χ4v) is 2.90. The number of fused-ring (bicyclic) bond motifs is 1. The van der Waals surface area contributed by atoms with Crippen LogP contribution in [-0.2, 0) is 11.2 Å². The summed E-state index contributed by atoms with van der Waals surface area (Å²) in [5, 5.41) is 0. The normalized spacial score (nSPS) is 25.0. The van der Waals surface area contributed by atoms with Crippen molar-refractivity contribution < 1.29 is 14.3 Å². The first-order valence-corrected chi connectivity index (χ1v) is 7.01. The molecule has 1 amide bonds. The zero-order chi connectivity index (χ0) is 14.1. The molecule has 5 heteroatoms. The molecular weight excluding hydrogens is 256 g/mol. The zero-order valence-electron chi connectivity index (χ0n) is 11.7. The van der Waals surface area contributed by atoms with E-state index in [-0.39, 0.29) is 17.9 Å². The van der Waals surface area contributed by atoms with Gasteiger partial charge >= 0.3 is 0 Å². The molecule has 3 rings (SSSR count). The van der Waals surface area contributed by atoms with Gasteiger partial charge < -0.3 is 20.1 Å². The average Bonchev–Trinajstić information content (AvgIpc) is 2.91. The molecule has 2 aliphatic heterocycles. The molecule has 0 aliphatic carbocycles. The summed E-state index contributed by atoms with van der Waals surface area (Å²) in [6.07, 6.45) is 1.60. The highest BCUT2D eigenvalue weighted by molar-refractivity contribution is 5.80. The van der Waals surface area contributed by atoms with Gasteiger partial charge in [-0.2, -0.15) is 0 Å². The number of carbonyl (C=O) groups excluding carboxylic acids is 1. The lowest BCUT2D eigenvalue weighted by atomic mass is 9.95. The minimum Gasteiger partial charge on any atom is -0.497 e. The number of carbonyl (C=O) groups is 1. The summed E-state index contributed by atoms with van der Waals surface area (Å²) in [6, 6.07) is 5.85. The molecule has 2 atom stereocenters. The van der Waals surface area contributed by atoms with Gasteiger partial charge in [0.2, 0.25) is 5.91 Å². The Balaban J connectivity index is 1.72. The predicted molar refractivity (Wildman–Crippen MR) is 74.9 cm³/mol. The Morgan fingerprint density at radius 2 is 2.35 bits per heavy atom. The Hall–Kier alpha value is -1.75. The van der Waals surface area contributed by atoms with Gasteiger partial charge in [-0.05, 0) is 36.6 Å². The number of amides is 1. The molecule has 2 heterocycles. The molecule has 1 fully saturated rings. The van der Waals surface area contributed by atoms with E-state index in [0.29, 0.717) is 19.6 Å². The maximum absolute atomic E-state index is 12.5. The Morgan fingerprint density at radius 1 is 1.50 bits per heavy atom. The van der Waals surface area contributed by atoms with Crippen LogP contribution in [0.2, 0.25) is 0 Å². The van der Waals surface area contributed by atoms with Gasteiger partial charge in [-0.15, -0.1) is 0 Å². The number of rotatable bonds is 2. The van der Waals surface area contributed by atoms with Gasteiger partial charge in [-0.25, -0.2) is 0 Å². The van der Waals surface area contributed by atoms with E-state index in [1.165, 1.54) is 0 Å². The summed E-state index contributed by atoms with van der Waals surface area (Å²) in [7, 11) is 1.64. The second kappa shape index (κ2) is 5.32. The SMILES string of the molecule is COc1ccc2c(c1)CC(C(=O)N1CC[C@@H](N)C1)CO2. The summed E-state index contributed by atoms with van der Waals surface area (Å²) >= 11 is 0. The molecule has 0 saturated carbocycles. The largest absolute Gasteiger partial charge is 0.497 e. The van der Waals surface area contributed by atoms with Crippen molar-refractivity contribution in [2.75, 3.05) is 26.8 Å². The number of nitrogens with zero attached hydrogens (tertiary/aromatic N) is 1. The number of hydrogen-bond donors (Lipinski definition) is 1. The second-order valence-electron chi connectivity index (χ2n) is 5.52. The van der Waals surface area contributed by atoms with Gasteiger partial charge in [0.25, 0.3) is 0 Å². The van der Waals surface area contributed by atoms with Crippen molar-refractivity contribution in [3.8, 4) is 11.5 Å². The fourth-order valence-electron chi connectivity index (χ4n) is 2.90. The van der Waals surface area contributed by atoms with Gasteiger partial charge in [-0.1, -0.05) is 0 Å². The number of benzene rings is 1. The minimum absolute atomic E-state index is 0.111. The highest BCUT2D eigenvalue weighted by Crippen LogP contribution is 2.31. The van der Waals surface area contributed by atoms with Crippen molar-refractivity contribution >= 4 is 5.91 Å². The molecule has 0 radical (unpaired) electrons. The summed E-state index contributed by atoms with van der Waals surface area (Å²) in [5.74, 6) is 1.70. The van der Waals surface area contributed by atoms with Crippen LogP contribution in [0, 0.1) is 5.92 Å². The zero-order valence-corrected chi connectivity index (χ0v) is 11.7. The summed E-state index contributed by atoms with van der Waals surface area (Å²) < 4.78 is 10.9. The lowest BCUT2D eigenvalue weighted by molar-refractivity contribution is -0.135. The van der Waals surface area contributed by atoms with Crippen LogP contribution in [0.15, 0.2) is 18.2 Å². The maximum atomic E-state index is 12.5. The van der Waals surface area contributed by atoms with Crippen molar-refractivity contribution in [3.63, 3.8) is 0 Å². The molecule has 1 aromatic rings. The monoisotopic (exact) mass is 276 g/mol. The number of nitrogens with two attached hydrogens (primary N) is 1. The molecule has 0 bridgehead atoms. The Kier molecular flexibility index (Phi) is 3.53. The molecule has 0 aromatic heterocycles. The van der Waals surface area contributed by atoms with E-state index >= 15 is 0 Å². The van der Waals surface area contributed by atoms with Crippen LogP contribution in [-0.4, -0.2) is 43.7 Å². The number of hydrogen-bond acceptors (Lipinski definition) is 4. The van der Waals surface area contributed by atoms with Crippen LogP contribution in [0.4, 0.5) is 0 Å². The fraction of sp³-hybridized carbons (Fsp3) is 0.533. The maximum Gasteiger partial charge on any atom is 0.229 e. The van der Waals surface area contributed by atoms with Crippen molar-refractivity contribution in [1.82, 2.24) is 4.90 Å². The lowest BCUT2D eigenvalue weighted by Crippen LogP contribution is -2.40. The van der Waals surface area contributed by atoms with Crippen LogP contribution >= 0.6 is 0 Å². The molecule has 0 spiro atoms. The molecule has 1 aromatic carbocycles. The van der Waals surface area contributed by atoms with Crippen LogP contribution in [0.3, 0.4) is 0 Å². The quantitative estimate of drug-likeness (QED) is 0.868. The molecule has 108 valence electrons. The lowest BCUT2D eigenvalue weighted by Gasteiger charge is -2.28. The third kappa shape index (κ3) is 2.45. The summed E-state index contributed by atoms with van der Waals surface area (Å²) in [6.45, 7) is 1.88. The first kappa shape index (κ1) is 13.2. The Morgan fingerprint density at radius 3 is 3.05 bits per heavy atom. The summed E-state index contributed by atoms with van der Waals surface area (Å²) in [4.78, 5) is 14.3. The van der Waals surface area contributed by atoms with Crippen LogP contribution in [0.25, 0.3) is 0 Å². The van der Waals surface area contributed by atoms with E-state index in [2.05, 4.69) is 0 Å². The average molecular weight is 276 g/mol. The van der Waals surface area contributed by atoms with Gasteiger partial charge in [0.15, 0.2) is 0 Å². The highest BCUT2D eigenvalue weighted by atomic mass is 16.5. The second-order valence-corrected chi connectivity index (χ2v) is 5.52. The number of likely N-dealkylation sites (tertiary alicyclic amines) is 1. The van der Waals surface area contributed by atoms with E-state index < -0.39 is 0 Å². The molecule has 2 N–H and O–H groups in total. The Labute approximate surface area is 118 Å². The Bertz CT molecular complexity index is 518. The van der Waals surface area contributed by atoms with E-state index in [1.807, 2.05) is 23.1 Å². The predicted octanol–water partition coefficient (Wildman–Crippen LogP) is 0.806.